The molecule has 0 radical (unpaired) electrons. The van der Waals surface area contributed by atoms with E-state index in [-0.39, 0.29) is 12.3 Å². The average Bonchev–Trinajstić information content (AvgIpc) is 2.38. The normalized spacial score (nSPS) is 13.8. The molecule has 0 aliphatic carbocycles. The van der Waals surface area contributed by atoms with E-state index in [4.69, 9.17) is 0 Å². The topological polar surface area (TPSA) is 96.9 Å². The Hall–Kier alpha value is -1.88. The van der Waals surface area contributed by atoms with Gasteiger partial charge in [0.15, 0.2) is 6.04 Å². The van der Waals surface area contributed by atoms with Crippen molar-refractivity contribution in [2.45, 2.75) is 38.8 Å². The van der Waals surface area contributed by atoms with Gasteiger partial charge in [-0.25, -0.2) is 0 Å². The van der Waals surface area contributed by atoms with Gasteiger partial charge < -0.3 is 21.0 Å². The highest BCUT2D eigenvalue weighted by molar-refractivity contribution is 5.85. The van der Waals surface area contributed by atoms with Gasteiger partial charge in [0.1, 0.15) is 0 Å². The van der Waals surface area contributed by atoms with Crippen LogP contribution in [0.25, 0.3) is 0 Å². The van der Waals surface area contributed by atoms with Gasteiger partial charge in [-0.05, 0) is 17.9 Å². The number of carboxylic acids is 1. The van der Waals surface area contributed by atoms with E-state index in [0.29, 0.717) is 12.3 Å². The van der Waals surface area contributed by atoms with Crippen molar-refractivity contribution in [3.05, 3.63) is 35.9 Å². The van der Waals surface area contributed by atoms with Gasteiger partial charge in [-0.3, -0.25) is 4.79 Å². The largest absolute Gasteiger partial charge is 0.548 e. The van der Waals surface area contributed by atoms with E-state index in [0.717, 1.165) is 5.56 Å². The quantitative estimate of drug-likeness (QED) is 0.678. The summed E-state index contributed by atoms with van der Waals surface area (Å²) in [4.78, 5) is 23.1. The van der Waals surface area contributed by atoms with Gasteiger partial charge in [0, 0.05) is 6.42 Å². The number of carbonyl (C=O) groups is 2. The first-order valence-corrected chi connectivity index (χ1v) is 6.78. The van der Waals surface area contributed by atoms with E-state index in [1.165, 1.54) is 0 Å². The minimum Gasteiger partial charge on any atom is -0.548 e. The van der Waals surface area contributed by atoms with Gasteiger partial charge in [0.25, 0.3) is 5.91 Å². The molecule has 5 heteroatoms. The van der Waals surface area contributed by atoms with Crippen LogP contribution in [0, 0.1) is 5.92 Å². The molecule has 20 heavy (non-hydrogen) atoms. The molecule has 5 nitrogen and oxygen atoms in total. The van der Waals surface area contributed by atoms with Crippen molar-refractivity contribution >= 4 is 11.9 Å². The van der Waals surface area contributed by atoms with Crippen molar-refractivity contribution in [3.8, 4) is 0 Å². The first kappa shape index (κ1) is 16.2. The third-order valence-electron chi connectivity index (χ3n) is 3.01. The van der Waals surface area contributed by atoms with Crippen LogP contribution in [0.15, 0.2) is 30.3 Å². The fourth-order valence-corrected chi connectivity index (χ4v) is 2.01. The predicted octanol–water partition coefficient (Wildman–Crippen LogP) is -0.880. The molecule has 1 rings (SSSR count). The van der Waals surface area contributed by atoms with E-state index in [1.54, 1.807) is 0 Å². The fraction of sp³-hybridized carbons (Fsp3) is 0.467. The van der Waals surface area contributed by atoms with Crippen LogP contribution >= 0.6 is 0 Å². The molecule has 2 atom stereocenters. The molecule has 0 unspecified atom stereocenters. The third kappa shape index (κ3) is 5.40. The van der Waals surface area contributed by atoms with E-state index in [9.17, 15) is 14.7 Å². The van der Waals surface area contributed by atoms with Gasteiger partial charge in [-0.2, -0.15) is 0 Å². The molecule has 0 aromatic heterocycles. The number of benzene rings is 1. The van der Waals surface area contributed by atoms with Crippen molar-refractivity contribution in [3.63, 3.8) is 0 Å². The molecule has 0 spiro atoms. The van der Waals surface area contributed by atoms with Crippen molar-refractivity contribution in [2.75, 3.05) is 0 Å². The first-order chi connectivity index (χ1) is 9.40. The summed E-state index contributed by atoms with van der Waals surface area (Å²) in [5.74, 6) is -1.29. The number of hydrogen-bond donors (Lipinski definition) is 2. The summed E-state index contributed by atoms with van der Waals surface area (Å²) in [6.45, 7) is 3.98. The molecule has 0 saturated heterocycles. The zero-order valence-electron chi connectivity index (χ0n) is 12.0. The summed E-state index contributed by atoms with van der Waals surface area (Å²) < 4.78 is 0. The number of aliphatic carboxylic acids is 1. The summed E-state index contributed by atoms with van der Waals surface area (Å²) in [5, 5.41) is 13.6. The minimum absolute atomic E-state index is 0.212. The Kier molecular flexibility index (Phi) is 6.18. The number of hydrogen-bond acceptors (Lipinski definition) is 3. The Morgan fingerprint density at radius 2 is 1.85 bits per heavy atom. The molecule has 0 bridgehead atoms. The van der Waals surface area contributed by atoms with Crippen molar-refractivity contribution in [1.82, 2.24) is 5.32 Å². The number of rotatable bonds is 7. The Bertz CT molecular complexity index is 446. The number of carboxylic acid groups (broad SMARTS) is 1. The maximum atomic E-state index is 11.9. The van der Waals surface area contributed by atoms with E-state index in [1.807, 2.05) is 44.2 Å². The summed E-state index contributed by atoms with van der Waals surface area (Å²) >= 11 is 0. The Morgan fingerprint density at radius 3 is 2.35 bits per heavy atom. The maximum Gasteiger partial charge on any atom is 0.278 e. The molecule has 1 amide bonds. The maximum absolute atomic E-state index is 11.9. The third-order valence-corrected chi connectivity index (χ3v) is 3.01. The lowest BCUT2D eigenvalue weighted by Gasteiger charge is -2.21. The standard InChI is InChI=1S/C15H22N2O3/c1-10(2)8-12(16)14(18)17-13(15(19)20)9-11-6-4-3-5-7-11/h3-7,10,12-13H,8-9,16H2,1-2H3,(H,17,18)(H,19,20)/t12-,13+/m1/s1. The SMILES string of the molecule is CC(C)C[C@@H]([NH3+])C(=O)N[C@@H](Cc1ccccc1)C(=O)[O-]. The van der Waals surface area contributed by atoms with E-state index < -0.39 is 18.1 Å². The molecule has 0 saturated carbocycles. The molecule has 0 aliphatic rings. The number of amides is 1. The predicted molar refractivity (Wildman–Crippen MR) is 73.2 cm³/mol. The lowest BCUT2D eigenvalue weighted by atomic mass is 10.0. The summed E-state index contributed by atoms with van der Waals surface area (Å²) in [6, 6.07) is 7.66. The Balaban J connectivity index is 2.64. The molecule has 4 N–H and O–H groups in total. The van der Waals surface area contributed by atoms with Crippen LogP contribution in [0.1, 0.15) is 25.8 Å². The van der Waals surface area contributed by atoms with Crippen LogP contribution in [0.3, 0.4) is 0 Å². The van der Waals surface area contributed by atoms with Crippen LogP contribution in [-0.2, 0) is 16.0 Å². The van der Waals surface area contributed by atoms with Crippen LogP contribution in [-0.4, -0.2) is 24.0 Å². The fourth-order valence-electron chi connectivity index (χ4n) is 2.01. The lowest BCUT2D eigenvalue weighted by molar-refractivity contribution is -0.406. The van der Waals surface area contributed by atoms with Crippen LogP contribution in [0.4, 0.5) is 0 Å². The average molecular weight is 278 g/mol. The molecule has 0 aliphatic heterocycles. The molecule has 1 aromatic rings. The Morgan fingerprint density at radius 1 is 1.25 bits per heavy atom. The van der Waals surface area contributed by atoms with Crippen molar-refractivity contribution in [2.24, 2.45) is 5.92 Å². The zero-order chi connectivity index (χ0) is 15.1. The molecular formula is C15H22N2O3. The second-order valence-corrected chi connectivity index (χ2v) is 5.40. The molecular weight excluding hydrogens is 256 g/mol. The Labute approximate surface area is 119 Å². The highest BCUT2D eigenvalue weighted by Gasteiger charge is 2.22. The van der Waals surface area contributed by atoms with E-state index >= 15 is 0 Å². The summed E-state index contributed by atoms with van der Waals surface area (Å²) in [7, 11) is 0. The van der Waals surface area contributed by atoms with Gasteiger partial charge in [0.2, 0.25) is 0 Å². The molecule has 1 aromatic carbocycles. The smallest absolute Gasteiger partial charge is 0.278 e. The van der Waals surface area contributed by atoms with Gasteiger partial charge in [-0.15, -0.1) is 0 Å². The van der Waals surface area contributed by atoms with Gasteiger partial charge in [-0.1, -0.05) is 44.2 Å². The van der Waals surface area contributed by atoms with Crippen LogP contribution < -0.4 is 16.2 Å². The first-order valence-electron chi connectivity index (χ1n) is 6.78. The van der Waals surface area contributed by atoms with Crippen LogP contribution in [0.5, 0.6) is 0 Å². The van der Waals surface area contributed by atoms with Gasteiger partial charge >= 0.3 is 0 Å². The summed E-state index contributed by atoms with van der Waals surface area (Å²) in [5.41, 5.74) is 4.61. The second-order valence-electron chi connectivity index (χ2n) is 5.40. The molecule has 0 heterocycles. The summed E-state index contributed by atoms with van der Waals surface area (Å²) in [6.07, 6.45) is 0.834. The number of carbonyl (C=O) groups excluding carboxylic acids is 2. The minimum atomic E-state index is -1.28. The van der Waals surface area contributed by atoms with E-state index in [2.05, 4.69) is 11.1 Å². The lowest BCUT2D eigenvalue weighted by Crippen LogP contribution is -2.69. The van der Waals surface area contributed by atoms with Gasteiger partial charge in [0.05, 0.1) is 12.0 Å². The van der Waals surface area contributed by atoms with Crippen molar-refractivity contribution in [1.29, 1.82) is 0 Å². The molecule has 0 fully saturated rings. The number of nitrogens with one attached hydrogen (secondary N) is 1. The molecule has 110 valence electrons. The second kappa shape index (κ2) is 7.65. The van der Waals surface area contributed by atoms with Crippen molar-refractivity contribution < 1.29 is 20.4 Å². The van der Waals surface area contributed by atoms with Crippen LogP contribution in [0.2, 0.25) is 0 Å². The zero-order valence-corrected chi connectivity index (χ0v) is 12.0. The monoisotopic (exact) mass is 278 g/mol. The highest BCUT2D eigenvalue weighted by Crippen LogP contribution is 2.05. The number of quaternary nitrogens is 1. The highest BCUT2D eigenvalue weighted by atomic mass is 16.4.